The maximum atomic E-state index is 3.92. The van der Waals surface area contributed by atoms with E-state index in [-0.39, 0.29) is 0 Å². The third-order valence-electron chi connectivity index (χ3n) is 5.41. The molecule has 1 aliphatic carbocycles. The zero-order valence-corrected chi connectivity index (χ0v) is 12.7. The maximum Gasteiger partial charge on any atom is 0.0249 e. The van der Waals surface area contributed by atoms with Crippen LogP contribution in [0.5, 0.6) is 0 Å². The molecule has 0 saturated carbocycles. The van der Waals surface area contributed by atoms with Crippen molar-refractivity contribution in [3.8, 4) is 0 Å². The van der Waals surface area contributed by atoms with Gasteiger partial charge in [-0.3, -0.25) is 4.90 Å². The van der Waals surface area contributed by atoms with Crippen LogP contribution in [0.4, 0.5) is 0 Å². The Hall–Kier alpha value is -0.340. The fraction of sp³-hybridized carbons (Fsp3) is 0.882. The van der Waals surface area contributed by atoms with E-state index in [4.69, 9.17) is 0 Å². The lowest BCUT2D eigenvalue weighted by atomic mass is 9.83. The van der Waals surface area contributed by atoms with Gasteiger partial charge in [-0.1, -0.05) is 25.0 Å². The summed E-state index contributed by atoms with van der Waals surface area (Å²) in [6, 6.07) is 1.63. The van der Waals surface area contributed by atoms with Crippen molar-refractivity contribution < 1.29 is 0 Å². The molecule has 0 aromatic rings. The summed E-state index contributed by atoms with van der Waals surface area (Å²) in [4.78, 5) is 2.73. The summed E-state index contributed by atoms with van der Waals surface area (Å²) in [6.45, 7) is 8.60. The monoisotopic (exact) mass is 262 g/mol. The Bertz CT molecular complexity index is 336. The number of rotatable bonds is 3. The zero-order valence-electron chi connectivity index (χ0n) is 12.7. The van der Waals surface area contributed by atoms with Crippen molar-refractivity contribution in [1.29, 1.82) is 0 Å². The Morgan fingerprint density at radius 1 is 1.26 bits per heavy atom. The molecule has 2 heteroatoms. The Labute approximate surface area is 118 Å². The van der Waals surface area contributed by atoms with Crippen molar-refractivity contribution in [2.75, 3.05) is 19.6 Å². The van der Waals surface area contributed by atoms with Crippen molar-refractivity contribution in [2.24, 2.45) is 11.8 Å². The van der Waals surface area contributed by atoms with E-state index >= 15 is 0 Å². The van der Waals surface area contributed by atoms with Crippen molar-refractivity contribution >= 4 is 0 Å². The van der Waals surface area contributed by atoms with E-state index in [1.165, 1.54) is 58.2 Å². The van der Waals surface area contributed by atoms with Gasteiger partial charge in [0.05, 0.1) is 0 Å². The van der Waals surface area contributed by atoms with Crippen LogP contribution in [-0.2, 0) is 0 Å². The quantitative estimate of drug-likeness (QED) is 0.786. The average Bonchev–Trinajstić information content (AvgIpc) is 2.78. The molecule has 0 amide bonds. The largest absolute Gasteiger partial charge is 0.312 e. The van der Waals surface area contributed by atoms with Crippen molar-refractivity contribution in [1.82, 2.24) is 10.2 Å². The molecular weight excluding hydrogens is 232 g/mol. The van der Waals surface area contributed by atoms with Gasteiger partial charge in [0, 0.05) is 18.6 Å². The second kappa shape index (κ2) is 5.97. The average molecular weight is 262 g/mol. The van der Waals surface area contributed by atoms with Gasteiger partial charge in [-0.2, -0.15) is 0 Å². The Kier molecular flexibility index (Phi) is 4.28. The normalized spacial score (nSPS) is 40.0. The SMILES string of the molecule is CC1=CC(C)CC(CNC2CCN3CCCCC23)C1. The van der Waals surface area contributed by atoms with Gasteiger partial charge < -0.3 is 5.32 Å². The lowest BCUT2D eigenvalue weighted by Crippen LogP contribution is -2.46. The van der Waals surface area contributed by atoms with E-state index in [0.29, 0.717) is 0 Å². The molecule has 1 N–H and O–H groups in total. The van der Waals surface area contributed by atoms with Crippen LogP contribution in [0.3, 0.4) is 0 Å². The highest BCUT2D eigenvalue weighted by molar-refractivity contribution is 5.06. The molecule has 2 fully saturated rings. The predicted molar refractivity (Wildman–Crippen MR) is 81.3 cm³/mol. The molecule has 0 bridgehead atoms. The topological polar surface area (TPSA) is 15.3 Å². The second-order valence-corrected chi connectivity index (χ2v) is 7.20. The minimum atomic E-state index is 0.779. The van der Waals surface area contributed by atoms with Gasteiger partial charge in [0.15, 0.2) is 0 Å². The molecule has 3 aliphatic rings. The first-order valence-corrected chi connectivity index (χ1v) is 8.37. The van der Waals surface area contributed by atoms with E-state index in [9.17, 15) is 0 Å². The number of hydrogen-bond donors (Lipinski definition) is 1. The number of nitrogens with one attached hydrogen (secondary N) is 1. The third-order valence-corrected chi connectivity index (χ3v) is 5.41. The van der Waals surface area contributed by atoms with E-state index < -0.39 is 0 Å². The van der Waals surface area contributed by atoms with Crippen LogP contribution in [0.1, 0.15) is 52.4 Å². The van der Waals surface area contributed by atoms with Gasteiger partial charge in [-0.25, -0.2) is 0 Å². The van der Waals surface area contributed by atoms with Crippen molar-refractivity contribution in [3.05, 3.63) is 11.6 Å². The lowest BCUT2D eigenvalue weighted by molar-refractivity contribution is 0.178. The summed E-state index contributed by atoms with van der Waals surface area (Å²) in [7, 11) is 0. The summed E-state index contributed by atoms with van der Waals surface area (Å²) in [5.74, 6) is 1.66. The molecule has 3 rings (SSSR count). The van der Waals surface area contributed by atoms with E-state index in [1.54, 1.807) is 5.57 Å². The predicted octanol–water partition coefficient (Wildman–Crippen LogP) is 3.20. The Morgan fingerprint density at radius 2 is 2.16 bits per heavy atom. The van der Waals surface area contributed by atoms with Crippen LogP contribution < -0.4 is 5.32 Å². The molecule has 2 saturated heterocycles. The lowest BCUT2D eigenvalue weighted by Gasteiger charge is -2.34. The van der Waals surface area contributed by atoms with Gasteiger partial charge >= 0.3 is 0 Å². The van der Waals surface area contributed by atoms with Gasteiger partial charge in [-0.05, 0) is 64.0 Å². The number of hydrogen-bond acceptors (Lipinski definition) is 2. The van der Waals surface area contributed by atoms with Gasteiger partial charge in [-0.15, -0.1) is 0 Å². The molecule has 0 radical (unpaired) electrons. The van der Waals surface area contributed by atoms with Crippen molar-refractivity contribution in [2.45, 2.75) is 64.5 Å². The number of nitrogens with zero attached hydrogens (tertiary/aromatic N) is 1. The number of allylic oxidation sites excluding steroid dienone is 2. The van der Waals surface area contributed by atoms with Crippen LogP contribution >= 0.6 is 0 Å². The molecule has 4 atom stereocenters. The molecule has 0 aromatic heterocycles. The zero-order chi connectivity index (χ0) is 13.2. The second-order valence-electron chi connectivity index (χ2n) is 7.20. The highest BCUT2D eigenvalue weighted by Gasteiger charge is 2.35. The minimum Gasteiger partial charge on any atom is -0.312 e. The summed E-state index contributed by atoms with van der Waals surface area (Å²) in [6.07, 6.45) is 10.8. The summed E-state index contributed by atoms with van der Waals surface area (Å²) < 4.78 is 0. The van der Waals surface area contributed by atoms with E-state index in [2.05, 4.69) is 30.1 Å². The third kappa shape index (κ3) is 3.22. The molecule has 2 heterocycles. The number of fused-ring (bicyclic) bond motifs is 1. The van der Waals surface area contributed by atoms with Gasteiger partial charge in [0.25, 0.3) is 0 Å². The fourth-order valence-electron chi connectivity index (χ4n) is 4.65. The maximum absolute atomic E-state index is 3.92. The molecule has 108 valence electrons. The molecular formula is C17H30N2. The summed E-state index contributed by atoms with van der Waals surface area (Å²) in [5.41, 5.74) is 1.61. The van der Waals surface area contributed by atoms with E-state index in [1.807, 2.05) is 0 Å². The fourth-order valence-corrected chi connectivity index (χ4v) is 4.65. The Balaban J connectivity index is 1.49. The van der Waals surface area contributed by atoms with Crippen molar-refractivity contribution in [3.63, 3.8) is 0 Å². The van der Waals surface area contributed by atoms with Gasteiger partial charge in [0.2, 0.25) is 0 Å². The number of piperidine rings is 1. The highest BCUT2D eigenvalue weighted by atomic mass is 15.2. The standard InChI is InChI=1S/C17H30N2/c1-13-9-14(2)11-15(10-13)12-18-16-6-8-19-7-4-3-5-17(16)19/h9,13,15-18H,3-8,10-12H2,1-2H3. The first-order chi connectivity index (χ1) is 9.22. The minimum absolute atomic E-state index is 0.779. The highest BCUT2D eigenvalue weighted by Crippen LogP contribution is 2.30. The smallest absolute Gasteiger partial charge is 0.0249 e. The van der Waals surface area contributed by atoms with Crippen LogP contribution in [0.15, 0.2) is 11.6 Å². The molecule has 2 nitrogen and oxygen atoms in total. The molecule has 19 heavy (non-hydrogen) atoms. The van der Waals surface area contributed by atoms with Gasteiger partial charge in [0.1, 0.15) is 0 Å². The first kappa shape index (κ1) is 13.6. The molecule has 0 spiro atoms. The molecule has 4 unspecified atom stereocenters. The Morgan fingerprint density at radius 3 is 3.00 bits per heavy atom. The van der Waals surface area contributed by atoms with Crippen LogP contribution in [0, 0.1) is 11.8 Å². The summed E-state index contributed by atoms with van der Waals surface area (Å²) >= 11 is 0. The van der Waals surface area contributed by atoms with Crippen LogP contribution in [0.2, 0.25) is 0 Å². The van der Waals surface area contributed by atoms with E-state index in [0.717, 1.165) is 23.9 Å². The summed E-state index contributed by atoms with van der Waals surface area (Å²) in [5, 5.41) is 3.92. The molecule has 2 aliphatic heterocycles. The molecule has 0 aromatic carbocycles. The van der Waals surface area contributed by atoms with Crippen LogP contribution in [-0.4, -0.2) is 36.6 Å². The van der Waals surface area contributed by atoms with Crippen LogP contribution in [0.25, 0.3) is 0 Å². The first-order valence-electron chi connectivity index (χ1n) is 8.37.